The van der Waals surface area contributed by atoms with Crippen molar-refractivity contribution in [2.75, 3.05) is 14.2 Å². The second-order valence-electron chi connectivity index (χ2n) is 4.87. The van der Waals surface area contributed by atoms with Crippen LogP contribution in [-0.2, 0) is 20.9 Å². The van der Waals surface area contributed by atoms with E-state index in [4.69, 9.17) is 10.1 Å². The van der Waals surface area contributed by atoms with E-state index in [2.05, 4.69) is 10.1 Å². The number of alkyl carbamates (subject to hydrolysis) is 1. The summed E-state index contributed by atoms with van der Waals surface area (Å²) in [6.45, 7) is -0.184. The first-order valence-corrected chi connectivity index (χ1v) is 8.11. The van der Waals surface area contributed by atoms with Gasteiger partial charge in [-0.3, -0.25) is 5.41 Å². The molecule has 1 amide bonds. The number of amides is 1. The summed E-state index contributed by atoms with van der Waals surface area (Å²) in [5.41, 5.74) is 0.621. The van der Waals surface area contributed by atoms with E-state index in [9.17, 15) is 22.8 Å². The molecule has 1 rings (SSSR count). The van der Waals surface area contributed by atoms with Crippen LogP contribution < -0.4 is 10.6 Å². The normalized spacial score (nSPS) is 13.3. The van der Waals surface area contributed by atoms with E-state index in [1.54, 1.807) is 30.3 Å². The minimum atomic E-state index is -4.89. The number of rotatable bonds is 6. The third-order valence-electron chi connectivity index (χ3n) is 3.04. The maximum atomic E-state index is 13.3. The first-order valence-electron chi connectivity index (χ1n) is 7.23. The lowest BCUT2D eigenvalue weighted by Gasteiger charge is -2.27. The van der Waals surface area contributed by atoms with Crippen LogP contribution in [0.2, 0.25) is 0 Å². The fourth-order valence-electron chi connectivity index (χ4n) is 1.79. The van der Waals surface area contributed by atoms with Gasteiger partial charge in [0, 0.05) is 7.05 Å². The van der Waals surface area contributed by atoms with Crippen LogP contribution in [-0.4, -0.2) is 48.9 Å². The molecule has 11 heteroatoms. The number of ether oxygens (including phenoxy) is 2. The summed E-state index contributed by atoms with van der Waals surface area (Å²) in [6.07, 6.45) is -6.10. The third kappa shape index (κ3) is 6.82. The number of halogens is 3. The zero-order valence-corrected chi connectivity index (χ0v) is 14.7. The molecular weight excluding hydrogens is 375 g/mol. The van der Waals surface area contributed by atoms with Crippen molar-refractivity contribution in [2.24, 2.45) is 0 Å². The molecule has 1 aromatic carbocycles. The summed E-state index contributed by atoms with van der Waals surface area (Å²) in [4.78, 5) is 23.6. The molecule has 0 aliphatic heterocycles. The molecular formula is C15H18F3N3O4S. The predicted octanol–water partition coefficient (Wildman–Crippen LogP) is 2.27. The van der Waals surface area contributed by atoms with Gasteiger partial charge in [0.05, 0.1) is 7.11 Å². The Morgan fingerprint density at radius 2 is 1.88 bits per heavy atom. The zero-order chi connectivity index (χ0) is 19.7. The van der Waals surface area contributed by atoms with Gasteiger partial charge in [0.2, 0.25) is 0 Å². The fraction of sp³-hybridized carbons (Fsp3) is 0.400. The van der Waals surface area contributed by atoms with Gasteiger partial charge in [-0.25, -0.2) is 9.59 Å². The van der Waals surface area contributed by atoms with Crippen LogP contribution in [0.5, 0.6) is 0 Å². The second-order valence-corrected chi connectivity index (χ2v) is 6.02. The summed E-state index contributed by atoms with van der Waals surface area (Å²) in [5.74, 6) is -1.31. The quantitative estimate of drug-likeness (QED) is 0.390. The SMILES string of the molecule is CNC(=N)SC(C(NC(=O)OCc1ccccc1)C(=O)OC)C(F)(F)F. The van der Waals surface area contributed by atoms with E-state index >= 15 is 0 Å². The maximum Gasteiger partial charge on any atom is 0.408 e. The van der Waals surface area contributed by atoms with E-state index in [1.807, 2.05) is 5.32 Å². The molecule has 7 nitrogen and oxygen atoms in total. The topological polar surface area (TPSA) is 101 Å². The Kier molecular flexibility index (Phi) is 8.23. The van der Waals surface area contributed by atoms with Gasteiger partial charge in [0.1, 0.15) is 11.9 Å². The van der Waals surface area contributed by atoms with Crippen LogP contribution >= 0.6 is 11.8 Å². The number of thioether (sulfide) groups is 1. The molecule has 0 aliphatic carbocycles. The van der Waals surface area contributed by atoms with Crippen molar-refractivity contribution in [1.82, 2.24) is 10.6 Å². The molecule has 0 bridgehead atoms. The number of carbonyl (C=O) groups is 2. The summed E-state index contributed by atoms with van der Waals surface area (Å²) in [7, 11) is 2.16. The van der Waals surface area contributed by atoms with E-state index in [0.29, 0.717) is 5.56 Å². The van der Waals surface area contributed by atoms with Gasteiger partial charge >= 0.3 is 18.2 Å². The number of alkyl halides is 3. The Morgan fingerprint density at radius 3 is 2.38 bits per heavy atom. The molecule has 0 saturated heterocycles. The Labute approximate surface area is 152 Å². The monoisotopic (exact) mass is 393 g/mol. The fourth-order valence-corrected chi connectivity index (χ4v) is 2.61. The van der Waals surface area contributed by atoms with Gasteiger partial charge in [0.25, 0.3) is 0 Å². The molecule has 2 atom stereocenters. The molecule has 144 valence electrons. The average molecular weight is 393 g/mol. The Bertz CT molecular complexity index is 628. The molecule has 0 radical (unpaired) electrons. The summed E-state index contributed by atoms with van der Waals surface area (Å²) in [6, 6.07) is 6.39. The summed E-state index contributed by atoms with van der Waals surface area (Å²) < 4.78 is 49.2. The minimum Gasteiger partial charge on any atom is -0.467 e. The third-order valence-corrected chi connectivity index (χ3v) is 4.27. The lowest BCUT2D eigenvalue weighted by Crippen LogP contribution is -2.54. The molecule has 0 fully saturated rings. The molecule has 0 saturated carbocycles. The molecule has 0 heterocycles. The van der Waals surface area contributed by atoms with Crippen molar-refractivity contribution in [3.05, 3.63) is 35.9 Å². The van der Waals surface area contributed by atoms with E-state index < -0.39 is 34.7 Å². The largest absolute Gasteiger partial charge is 0.467 e. The van der Waals surface area contributed by atoms with Crippen molar-refractivity contribution in [3.8, 4) is 0 Å². The zero-order valence-electron chi connectivity index (χ0n) is 13.9. The minimum absolute atomic E-state index is 0.0360. The van der Waals surface area contributed by atoms with Crippen LogP contribution in [0.1, 0.15) is 5.56 Å². The number of esters is 1. The number of hydrogen-bond acceptors (Lipinski definition) is 6. The van der Waals surface area contributed by atoms with Crippen LogP contribution in [0.25, 0.3) is 0 Å². The summed E-state index contributed by atoms with van der Waals surface area (Å²) in [5, 5.41) is 8.51. The van der Waals surface area contributed by atoms with Gasteiger partial charge in [-0.15, -0.1) is 0 Å². The number of hydrogen-bond donors (Lipinski definition) is 3. The number of carbonyl (C=O) groups excluding carboxylic acids is 2. The van der Waals surface area contributed by atoms with E-state index in [-0.39, 0.29) is 18.4 Å². The van der Waals surface area contributed by atoms with Gasteiger partial charge in [0.15, 0.2) is 11.2 Å². The first kappa shape index (κ1) is 21.6. The van der Waals surface area contributed by atoms with Gasteiger partial charge in [-0.2, -0.15) is 13.2 Å². The van der Waals surface area contributed by atoms with Crippen LogP contribution in [0, 0.1) is 5.41 Å². The average Bonchev–Trinajstić information content (AvgIpc) is 2.61. The van der Waals surface area contributed by atoms with E-state index in [1.165, 1.54) is 7.05 Å². The highest BCUT2D eigenvalue weighted by Gasteiger charge is 2.50. The molecule has 1 aromatic rings. The number of nitrogens with one attached hydrogen (secondary N) is 3. The molecule has 0 spiro atoms. The predicted molar refractivity (Wildman–Crippen MR) is 89.8 cm³/mol. The lowest BCUT2D eigenvalue weighted by molar-refractivity contribution is -0.157. The van der Waals surface area contributed by atoms with Gasteiger partial charge < -0.3 is 20.1 Å². The smallest absolute Gasteiger partial charge is 0.408 e. The Morgan fingerprint density at radius 1 is 1.27 bits per heavy atom. The summed E-state index contributed by atoms with van der Waals surface area (Å²) >= 11 is 0.0360. The van der Waals surface area contributed by atoms with Crippen molar-refractivity contribution in [2.45, 2.75) is 24.1 Å². The first-order chi connectivity index (χ1) is 12.2. The molecule has 0 aliphatic rings. The van der Waals surface area contributed by atoms with Crippen LogP contribution in [0.3, 0.4) is 0 Å². The van der Waals surface area contributed by atoms with Gasteiger partial charge in [-0.05, 0) is 5.56 Å². The van der Waals surface area contributed by atoms with Crippen molar-refractivity contribution in [1.29, 1.82) is 5.41 Å². The standard InChI is InChI=1S/C15H18F3N3O4S/c1-20-13(19)26-11(15(16,17)18)10(12(22)24-2)21-14(23)25-8-9-6-4-3-5-7-9/h3-7,10-11H,8H2,1-2H3,(H2,19,20)(H,21,23). The van der Waals surface area contributed by atoms with Crippen molar-refractivity contribution < 1.29 is 32.2 Å². The molecule has 3 N–H and O–H groups in total. The van der Waals surface area contributed by atoms with Crippen molar-refractivity contribution in [3.63, 3.8) is 0 Å². The molecule has 2 unspecified atom stereocenters. The lowest BCUT2D eigenvalue weighted by atomic mass is 10.2. The van der Waals surface area contributed by atoms with Crippen LogP contribution in [0.15, 0.2) is 30.3 Å². The van der Waals surface area contributed by atoms with E-state index in [0.717, 1.165) is 7.11 Å². The number of amidine groups is 1. The number of methoxy groups -OCH3 is 1. The second kappa shape index (κ2) is 9.90. The Hall–Kier alpha value is -2.43. The highest BCUT2D eigenvalue weighted by molar-refractivity contribution is 8.14. The van der Waals surface area contributed by atoms with Gasteiger partial charge in [-0.1, -0.05) is 42.1 Å². The molecule has 26 heavy (non-hydrogen) atoms. The highest BCUT2D eigenvalue weighted by atomic mass is 32.2. The highest BCUT2D eigenvalue weighted by Crippen LogP contribution is 2.33. The number of benzene rings is 1. The maximum absolute atomic E-state index is 13.3. The van der Waals surface area contributed by atoms with Crippen molar-refractivity contribution >= 4 is 29.0 Å². The van der Waals surface area contributed by atoms with Crippen LogP contribution in [0.4, 0.5) is 18.0 Å². The Balaban J connectivity index is 2.87. The molecule has 0 aromatic heterocycles.